The van der Waals surface area contributed by atoms with E-state index in [1.165, 1.54) is 0 Å². The minimum absolute atomic E-state index is 0. The van der Waals surface area contributed by atoms with E-state index in [4.69, 9.17) is 0 Å². The van der Waals surface area contributed by atoms with Crippen LogP contribution in [0.4, 0.5) is 0 Å². The third kappa shape index (κ3) is 3.99. The van der Waals surface area contributed by atoms with Crippen LogP contribution >= 0.6 is 13.5 Å². The van der Waals surface area contributed by atoms with Gasteiger partial charge in [-0.1, -0.05) is 18.2 Å². The molecule has 0 atom stereocenters. The van der Waals surface area contributed by atoms with Crippen LogP contribution in [-0.2, 0) is 0 Å². The average molecular weight is 197 g/mol. The molecule has 0 saturated carbocycles. The van der Waals surface area contributed by atoms with E-state index >= 15 is 0 Å². The van der Waals surface area contributed by atoms with Gasteiger partial charge in [-0.05, 0) is 26.0 Å². The average Bonchev–Trinajstić information content (AvgIpc) is 2.05. The topological polar surface area (TPSA) is 29.1 Å². The summed E-state index contributed by atoms with van der Waals surface area (Å²) in [5.41, 5.74) is 0.714. The van der Waals surface area contributed by atoms with Gasteiger partial charge in [0.25, 0.3) is 5.91 Å². The molecule has 0 bridgehead atoms. The molecule has 0 radical (unpaired) electrons. The molecule has 2 nitrogen and oxygen atoms in total. The van der Waals surface area contributed by atoms with Gasteiger partial charge in [-0.15, -0.1) is 0 Å². The Morgan fingerprint density at radius 3 is 2.23 bits per heavy atom. The lowest BCUT2D eigenvalue weighted by Crippen LogP contribution is -2.29. The molecule has 1 aromatic rings. The first-order valence-corrected chi connectivity index (χ1v) is 4.06. The zero-order valence-electron chi connectivity index (χ0n) is 7.87. The molecule has 0 unspecified atom stereocenters. The molecule has 0 saturated heterocycles. The summed E-state index contributed by atoms with van der Waals surface area (Å²) in [6, 6.07) is 9.41. The maximum Gasteiger partial charge on any atom is 0.251 e. The van der Waals surface area contributed by atoms with E-state index in [1.54, 1.807) is 12.1 Å². The first-order chi connectivity index (χ1) is 5.70. The SMILES string of the molecule is CC(C)NC(=O)c1ccccc1.S. The van der Waals surface area contributed by atoms with Gasteiger partial charge >= 0.3 is 0 Å². The Hall–Kier alpha value is -0.960. The Morgan fingerprint density at radius 1 is 1.23 bits per heavy atom. The summed E-state index contributed by atoms with van der Waals surface area (Å²) in [6.45, 7) is 3.89. The number of amides is 1. The van der Waals surface area contributed by atoms with E-state index < -0.39 is 0 Å². The van der Waals surface area contributed by atoms with Crippen LogP contribution in [0.2, 0.25) is 0 Å². The second-order valence-electron chi connectivity index (χ2n) is 2.99. The normalized spacial score (nSPS) is 9.15. The van der Waals surface area contributed by atoms with Crippen LogP contribution in [0.5, 0.6) is 0 Å². The molecule has 0 aliphatic heterocycles. The number of carbonyl (C=O) groups excluding carboxylic acids is 1. The van der Waals surface area contributed by atoms with Crippen molar-refractivity contribution in [3.05, 3.63) is 35.9 Å². The van der Waals surface area contributed by atoms with Crippen LogP contribution < -0.4 is 5.32 Å². The summed E-state index contributed by atoms with van der Waals surface area (Å²) >= 11 is 0. The van der Waals surface area contributed by atoms with Gasteiger partial charge in [-0.25, -0.2) is 0 Å². The molecule has 72 valence electrons. The van der Waals surface area contributed by atoms with Gasteiger partial charge in [0.15, 0.2) is 0 Å². The van der Waals surface area contributed by atoms with Gasteiger partial charge in [-0.3, -0.25) is 4.79 Å². The fourth-order valence-corrected chi connectivity index (χ4v) is 0.935. The van der Waals surface area contributed by atoms with Gasteiger partial charge < -0.3 is 5.32 Å². The predicted octanol–water partition coefficient (Wildman–Crippen LogP) is 1.94. The van der Waals surface area contributed by atoms with Crippen LogP contribution in [0, 0.1) is 0 Å². The Labute approximate surface area is 85.8 Å². The molecule has 1 aromatic carbocycles. The third-order valence-corrected chi connectivity index (χ3v) is 1.46. The largest absolute Gasteiger partial charge is 0.350 e. The summed E-state index contributed by atoms with van der Waals surface area (Å²) in [6.07, 6.45) is 0. The molecule has 3 heteroatoms. The van der Waals surface area contributed by atoms with Crippen molar-refractivity contribution in [1.29, 1.82) is 0 Å². The van der Waals surface area contributed by atoms with Crippen molar-refractivity contribution < 1.29 is 4.79 Å². The maximum absolute atomic E-state index is 11.3. The molecule has 0 fully saturated rings. The third-order valence-electron chi connectivity index (χ3n) is 1.46. The quantitative estimate of drug-likeness (QED) is 0.771. The second kappa shape index (κ2) is 5.65. The lowest BCUT2D eigenvalue weighted by Gasteiger charge is -2.07. The Morgan fingerprint density at radius 2 is 1.77 bits per heavy atom. The zero-order valence-corrected chi connectivity index (χ0v) is 8.87. The van der Waals surface area contributed by atoms with Crippen molar-refractivity contribution in [2.75, 3.05) is 0 Å². The van der Waals surface area contributed by atoms with E-state index in [0.29, 0.717) is 5.56 Å². The molecule has 0 aliphatic rings. The molecule has 1 N–H and O–H groups in total. The first kappa shape index (κ1) is 12.0. The lowest BCUT2D eigenvalue weighted by atomic mass is 10.2. The Balaban J connectivity index is 0.00000144. The number of hydrogen-bond acceptors (Lipinski definition) is 1. The van der Waals surface area contributed by atoms with Gasteiger partial charge in [-0.2, -0.15) is 13.5 Å². The van der Waals surface area contributed by atoms with Crippen LogP contribution in [0.25, 0.3) is 0 Å². The number of carbonyl (C=O) groups is 1. The summed E-state index contributed by atoms with van der Waals surface area (Å²) in [5, 5.41) is 2.82. The molecule has 1 amide bonds. The van der Waals surface area contributed by atoms with Crippen molar-refractivity contribution in [3.8, 4) is 0 Å². The minimum Gasteiger partial charge on any atom is -0.350 e. The van der Waals surface area contributed by atoms with Crippen molar-refractivity contribution in [2.24, 2.45) is 0 Å². The van der Waals surface area contributed by atoms with Gasteiger partial charge in [0.05, 0.1) is 0 Å². The molecule has 0 aliphatic carbocycles. The van der Waals surface area contributed by atoms with Gasteiger partial charge in [0.1, 0.15) is 0 Å². The lowest BCUT2D eigenvalue weighted by molar-refractivity contribution is 0.0943. The van der Waals surface area contributed by atoms with Crippen molar-refractivity contribution in [1.82, 2.24) is 5.32 Å². The van der Waals surface area contributed by atoms with Crippen LogP contribution in [0.1, 0.15) is 24.2 Å². The highest BCUT2D eigenvalue weighted by atomic mass is 32.1. The zero-order chi connectivity index (χ0) is 8.97. The number of hydrogen-bond donors (Lipinski definition) is 1. The highest BCUT2D eigenvalue weighted by molar-refractivity contribution is 7.59. The molecule has 0 spiro atoms. The summed E-state index contributed by atoms with van der Waals surface area (Å²) < 4.78 is 0. The van der Waals surface area contributed by atoms with Crippen LogP contribution in [0.15, 0.2) is 30.3 Å². The van der Waals surface area contributed by atoms with E-state index in [0.717, 1.165) is 0 Å². The van der Waals surface area contributed by atoms with Crippen molar-refractivity contribution >= 4 is 19.4 Å². The molecular weight excluding hydrogens is 182 g/mol. The molecule has 1 rings (SSSR count). The fraction of sp³-hybridized carbons (Fsp3) is 0.300. The highest BCUT2D eigenvalue weighted by Gasteiger charge is 2.04. The number of benzene rings is 1. The van der Waals surface area contributed by atoms with E-state index in [9.17, 15) is 4.79 Å². The van der Waals surface area contributed by atoms with Crippen molar-refractivity contribution in [2.45, 2.75) is 19.9 Å². The summed E-state index contributed by atoms with van der Waals surface area (Å²) in [7, 11) is 0. The van der Waals surface area contributed by atoms with E-state index in [1.807, 2.05) is 32.0 Å². The fourth-order valence-electron chi connectivity index (χ4n) is 0.935. The van der Waals surface area contributed by atoms with E-state index in [-0.39, 0.29) is 25.4 Å². The van der Waals surface area contributed by atoms with Gasteiger partial charge in [0, 0.05) is 11.6 Å². The summed E-state index contributed by atoms with van der Waals surface area (Å²) in [5.74, 6) is -0.00870. The maximum atomic E-state index is 11.3. The van der Waals surface area contributed by atoms with Crippen molar-refractivity contribution in [3.63, 3.8) is 0 Å². The first-order valence-electron chi connectivity index (χ1n) is 4.06. The molecule has 0 aromatic heterocycles. The Kier molecular flexibility index (Phi) is 5.23. The monoisotopic (exact) mass is 197 g/mol. The number of rotatable bonds is 2. The number of nitrogens with one attached hydrogen (secondary N) is 1. The second-order valence-corrected chi connectivity index (χ2v) is 2.99. The molecule has 0 heterocycles. The van der Waals surface area contributed by atoms with Crippen LogP contribution in [0.3, 0.4) is 0 Å². The molecule has 13 heavy (non-hydrogen) atoms. The van der Waals surface area contributed by atoms with Crippen LogP contribution in [-0.4, -0.2) is 11.9 Å². The standard InChI is InChI=1S/C10H13NO.H2S/c1-8(2)11-10(12)9-6-4-3-5-7-9;/h3-8H,1-2H3,(H,11,12);1H2. The predicted molar refractivity (Wildman–Crippen MR) is 59.4 cm³/mol. The highest BCUT2D eigenvalue weighted by Crippen LogP contribution is 1.98. The molecular formula is C10H15NOS. The minimum atomic E-state index is -0.00870. The summed E-state index contributed by atoms with van der Waals surface area (Å²) in [4.78, 5) is 11.3. The smallest absolute Gasteiger partial charge is 0.251 e. The van der Waals surface area contributed by atoms with Gasteiger partial charge in [0.2, 0.25) is 0 Å². The Bertz CT molecular complexity index is 259. The van der Waals surface area contributed by atoms with E-state index in [2.05, 4.69) is 5.32 Å².